The van der Waals surface area contributed by atoms with Gasteiger partial charge in [-0.1, -0.05) is 15.9 Å². The van der Waals surface area contributed by atoms with Crippen LogP contribution < -0.4 is 5.32 Å². The zero-order valence-electron chi connectivity index (χ0n) is 12.8. The highest BCUT2D eigenvalue weighted by atomic mass is 79.9. The lowest BCUT2D eigenvalue weighted by Crippen LogP contribution is -2.31. The summed E-state index contributed by atoms with van der Waals surface area (Å²) in [6.45, 7) is 6.05. The van der Waals surface area contributed by atoms with Crippen LogP contribution in [0.4, 0.5) is 0 Å². The van der Waals surface area contributed by atoms with Crippen molar-refractivity contribution in [2.24, 2.45) is 5.92 Å². The van der Waals surface area contributed by atoms with Crippen LogP contribution in [0, 0.1) is 19.8 Å². The molecule has 0 unspecified atom stereocenters. The lowest BCUT2D eigenvalue weighted by atomic mass is 10.00. The first-order valence-corrected chi connectivity index (χ1v) is 8.06. The summed E-state index contributed by atoms with van der Waals surface area (Å²) in [7, 11) is 1.83. The van der Waals surface area contributed by atoms with Crippen LogP contribution in [0.1, 0.15) is 23.1 Å². The van der Waals surface area contributed by atoms with Gasteiger partial charge in [0.1, 0.15) is 0 Å². The maximum Gasteiger partial charge on any atom is 0.223 e. The molecule has 1 heterocycles. The van der Waals surface area contributed by atoms with E-state index in [2.05, 4.69) is 47.2 Å². The molecule has 1 saturated heterocycles. The zero-order chi connectivity index (χ0) is 15.6. The molecule has 0 spiro atoms. The fourth-order valence-corrected chi connectivity index (χ4v) is 3.51. The summed E-state index contributed by atoms with van der Waals surface area (Å²) in [5.74, 6) is 0.122. The van der Waals surface area contributed by atoms with Crippen LogP contribution in [0.5, 0.6) is 0 Å². The average Bonchev–Trinajstić information content (AvgIpc) is 2.79. The molecule has 1 aliphatic rings. The summed E-state index contributed by atoms with van der Waals surface area (Å²) >= 11 is 3.49. The Labute approximate surface area is 134 Å². The highest BCUT2D eigenvalue weighted by molar-refractivity contribution is 9.10. The van der Waals surface area contributed by atoms with E-state index in [0.717, 1.165) is 11.0 Å². The highest BCUT2D eigenvalue weighted by Gasteiger charge is 2.28. The van der Waals surface area contributed by atoms with E-state index >= 15 is 0 Å². The third-order valence-electron chi connectivity index (χ3n) is 4.22. The molecule has 1 fully saturated rings. The molecule has 2 N–H and O–H groups in total. The summed E-state index contributed by atoms with van der Waals surface area (Å²) in [5.41, 5.74) is 3.56. The van der Waals surface area contributed by atoms with E-state index in [1.165, 1.54) is 16.7 Å². The molecular weight excluding hydrogens is 332 g/mol. The number of aryl methyl sites for hydroxylation is 2. The van der Waals surface area contributed by atoms with Crippen molar-refractivity contribution in [2.75, 3.05) is 20.1 Å². The Morgan fingerprint density at radius 3 is 2.52 bits per heavy atom. The molecule has 0 bridgehead atoms. The van der Waals surface area contributed by atoms with E-state index in [-0.39, 0.29) is 11.8 Å². The van der Waals surface area contributed by atoms with E-state index in [1.807, 2.05) is 7.05 Å². The maximum absolute atomic E-state index is 12.3. The monoisotopic (exact) mass is 354 g/mol. The first kappa shape index (κ1) is 16.5. The van der Waals surface area contributed by atoms with Crippen molar-refractivity contribution < 1.29 is 9.90 Å². The fourth-order valence-electron chi connectivity index (χ4n) is 2.82. The molecule has 0 saturated carbocycles. The number of nitrogens with one attached hydrogen (secondary N) is 1. The lowest BCUT2D eigenvalue weighted by Gasteiger charge is -2.22. The second-order valence-corrected chi connectivity index (χ2v) is 6.87. The predicted molar refractivity (Wildman–Crippen MR) is 87.1 cm³/mol. The number of carbonyl (C=O) groups is 1. The summed E-state index contributed by atoms with van der Waals surface area (Å²) in [4.78, 5) is 14.1. The van der Waals surface area contributed by atoms with Crippen LogP contribution in [0.25, 0.3) is 0 Å². The molecular formula is C16H23BrN2O2. The van der Waals surface area contributed by atoms with E-state index < -0.39 is 6.10 Å². The van der Waals surface area contributed by atoms with Gasteiger partial charge in [0.2, 0.25) is 5.91 Å². The first-order valence-electron chi connectivity index (χ1n) is 7.27. The Bertz CT molecular complexity index is 510. The number of carbonyl (C=O) groups excluding carboxylic acids is 1. The molecule has 1 aliphatic heterocycles. The number of nitrogens with zero attached hydrogens (tertiary/aromatic N) is 1. The Hall–Kier alpha value is -0.910. The van der Waals surface area contributed by atoms with Crippen molar-refractivity contribution in [3.05, 3.63) is 33.3 Å². The number of benzene rings is 1. The number of hydrogen-bond donors (Lipinski definition) is 2. The molecule has 21 heavy (non-hydrogen) atoms. The van der Waals surface area contributed by atoms with Crippen LogP contribution in [0.3, 0.4) is 0 Å². The number of aliphatic hydroxyl groups is 1. The molecule has 2 rings (SSSR count). The summed E-state index contributed by atoms with van der Waals surface area (Å²) < 4.78 is 1.07. The number of rotatable bonds is 4. The molecule has 4 nitrogen and oxygen atoms in total. The van der Waals surface area contributed by atoms with Crippen molar-refractivity contribution in [2.45, 2.75) is 32.9 Å². The number of β-amino-alcohol motifs (C(OH)–C–C–N with tert-alkyl or cyclic N) is 1. The zero-order valence-corrected chi connectivity index (χ0v) is 14.4. The molecule has 5 heteroatoms. The highest BCUT2D eigenvalue weighted by Crippen LogP contribution is 2.22. The van der Waals surface area contributed by atoms with Gasteiger partial charge in [0.25, 0.3) is 0 Å². The van der Waals surface area contributed by atoms with Crippen molar-refractivity contribution in [3.63, 3.8) is 0 Å². The van der Waals surface area contributed by atoms with Crippen LogP contribution in [0.15, 0.2) is 16.6 Å². The molecule has 1 amide bonds. The topological polar surface area (TPSA) is 52.6 Å². The summed E-state index contributed by atoms with van der Waals surface area (Å²) in [5, 5.41) is 12.9. The van der Waals surface area contributed by atoms with Gasteiger partial charge in [-0.25, -0.2) is 0 Å². The standard InChI is InChI=1S/C16H23BrN2O2/c1-10-4-13(17)5-11(2)14(10)9-19(3)16(21)6-12-7-18-8-15(12)20/h4-5,12,15,18,20H,6-9H2,1-3H3/t12-,15-/m1/s1. The van der Waals surface area contributed by atoms with Crippen molar-refractivity contribution in [1.82, 2.24) is 10.2 Å². The number of aliphatic hydroxyl groups excluding tert-OH is 1. The molecule has 2 atom stereocenters. The normalized spacial score (nSPS) is 21.6. The molecule has 0 aromatic heterocycles. The predicted octanol–water partition coefficient (Wildman–Crippen LogP) is 1.99. The minimum atomic E-state index is -0.404. The van der Waals surface area contributed by atoms with Gasteiger partial charge >= 0.3 is 0 Å². The summed E-state index contributed by atoms with van der Waals surface area (Å²) in [6, 6.07) is 4.15. The van der Waals surface area contributed by atoms with Crippen LogP contribution >= 0.6 is 15.9 Å². The van der Waals surface area contributed by atoms with Gasteiger partial charge in [-0.15, -0.1) is 0 Å². The van der Waals surface area contributed by atoms with Gasteiger partial charge in [-0.2, -0.15) is 0 Å². The largest absolute Gasteiger partial charge is 0.391 e. The lowest BCUT2D eigenvalue weighted by molar-refractivity contribution is -0.132. The van der Waals surface area contributed by atoms with E-state index in [4.69, 9.17) is 0 Å². The fraction of sp³-hybridized carbons (Fsp3) is 0.562. The number of hydrogen-bond acceptors (Lipinski definition) is 3. The number of amides is 1. The Kier molecular flexibility index (Phi) is 5.41. The molecule has 0 radical (unpaired) electrons. The SMILES string of the molecule is Cc1cc(Br)cc(C)c1CN(C)C(=O)C[C@@H]1CNC[C@H]1O. The van der Waals surface area contributed by atoms with Gasteiger partial charge in [-0.3, -0.25) is 4.79 Å². The summed E-state index contributed by atoms with van der Waals surface area (Å²) in [6.07, 6.45) is -0.00209. The van der Waals surface area contributed by atoms with Crippen molar-refractivity contribution in [1.29, 1.82) is 0 Å². The molecule has 116 valence electrons. The molecule has 1 aromatic carbocycles. The maximum atomic E-state index is 12.3. The van der Waals surface area contributed by atoms with Gasteiger partial charge in [0.15, 0.2) is 0 Å². The van der Waals surface area contributed by atoms with Crippen LogP contribution in [-0.4, -0.2) is 42.2 Å². The third kappa shape index (κ3) is 4.05. The minimum absolute atomic E-state index is 0.0343. The van der Waals surface area contributed by atoms with Crippen LogP contribution in [-0.2, 0) is 11.3 Å². The first-order chi connectivity index (χ1) is 9.88. The molecule has 1 aromatic rings. The quantitative estimate of drug-likeness (QED) is 0.869. The van der Waals surface area contributed by atoms with E-state index in [9.17, 15) is 9.90 Å². The Morgan fingerprint density at radius 2 is 2.00 bits per heavy atom. The van der Waals surface area contributed by atoms with Gasteiger partial charge in [-0.05, 0) is 42.7 Å². The smallest absolute Gasteiger partial charge is 0.223 e. The van der Waals surface area contributed by atoms with Crippen molar-refractivity contribution in [3.8, 4) is 0 Å². The second kappa shape index (κ2) is 6.90. The van der Waals surface area contributed by atoms with E-state index in [1.54, 1.807) is 4.90 Å². The van der Waals surface area contributed by atoms with Gasteiger partial charge in [0.05, 0.1) is 6.10 Å². The van der Waals surface area contributed by atoms with Gasteiger partial charge < -0.3 is 15.3 Å². The Morgan fingerprint density at radius 1 is 1.38 bits per heavy atom. The van der Waals surface area contributed by atoms with E-state index in [0.29, 0.717) is 19.5 Å². The Balaban J connectivity index is 2.01. The third-order valence-corrected chi connectivity index (χ3v) is 4.68. The minimum Gasteiger partial charge on any atom is -0.391 e. The van der Waals surface area contributed by atoms with Crippen molar-refractivity contribution >= 4 is 21.8 Å². The van der Waals surface area contributed by atoms with Gasteiger partial charge in [0, 0.05) is 43.5 Å². The number of halogens is 1. The average molecular weight is 355 g/mol. The molecule has 0 aliphatic carbocycles. The second-order valence-electron chi connectivity index (χ2n) is 5.96. The van der Waals surface area contributed by atoms with Crippen LogP contribution in [0.2, 0.25) is 0 Å².